The number of fused-ring (bicyclic) bond motifs is 12. The van der Waals surface area contributed by atoms with Crippen molar-refractivity contribution in [3.8, 4) is 45.0 Å². The Morgan fingerprint density at radius 1 is 0.185 bits per heavy atom. The predicted octanol–water partition coefficient (Wildman–Crippen LogP) is 29.5. The summed E-state index contributed by atoms with van der Waals surface area (Å²) in [5, 5.41) is 10.5. The van der Waals surface area contributed by atoms with Crippen LogP contribution in [0.5, 0.6) is 0 Å². The standard InChI is InChI=1S/C56H64N2.C48H48N2/c1-52(2,3)36-24-26-44-42(33-36)43-34-37(53(4,5)6)25-27-45(43)58(44)48-29-28-47-50(51(48)56(13,14)15)49-41(35-20-17-16-18-21-35)22-19-23-46(49)57(47)40-31-38(54(7,8)9)30-39(32-40)55(10,11)12;1-46(2,3)32-28-33(47(4,5)6)30-34(29-32)49-40-25-17-22-35(31-18-11-10-12-19-31)43(40)44-41(49)26-27-42(45(44)48(7,8)9)50-38-23-15-13-20-36(38)37-21-14-16-24-39(37)50/h16-34H,1-15H3;10-30H,1-9H3. The molecule has 0 unspecified atom stereocenters. The maximum atomic E-state index is 2.58. The van der Waals surface area contributed by atoms with Gasteiger partial charge in [0, 0.05) is 54.5 Å². The molecule has 0 amide bonds. The molecular formula is C104H112N4. The monoisotopic (exact) mass is 1420 g/mol. The molecule has 0 radical (unpaired) electrons. The minimum Gasteiger partial charge on any atom is -0.309 e. The van der Waals surface area contributed by atoms with Crippen LogP contribution in [0.3, 0.4) is 0 Å². The maximum Gasteiger partial charge on any atom is 0.0547 e. The average molecular weight is 1420 g/mol. The molecular weight excluding hydrogens is 1310 g/mol. The van der Waals surface area contributed by atoms with Gasteiger partial charge in [-0.1, -0.05) is 312 Å². The highest BCUT2D eigenvalue weighted by atomic mass is 15.0. The summed E-state index contributed by atoms with van der Waals surface area (Å²) in [6.07, 6.45) is 0. The van der Waals surface area contributed by atoms with Crippen molar-refractivity contribution in [3.63, 3.8) is 0 Å². The molecule has 548 valence electrons. The molecule has 0 spiro atoms. The maximum absolute atomic E-state index is 2.58. The van der Waals surface area contributed by atoms with Crippen LogP contribution in [0.25, 0.3) is 132 Å². The number of rotatable bonds is 6. The first-order chi connectivity index (χ1) is 50.7. The molecule has 16 rings (SSSR count). The molecule has 0 aliphatic rings. The first kappa shape index (κ1) is 73.4. The molecule has 0 atom stereocenters. The SMILES string of the molecule is CC(C)(C)c1cc(-n2c3cccc(-c4ccccc4)c3c3c(C(C)(C)C)c(-n4c5ccc(C(C)(C)C)cc5c5cc(C(C)(C)C)ccc54)ccc32)cc(C(C)(C)C)c1.CC(C)(C)c1cc(-n2c3cccc(-c4ccccc4)c3c3c(C(C)(C)C)c(-n4c5ccccc5c5ccccc54)ccc32)cc(C(C)(C)C)c1. The summed E-state index contributed by atoms with van der Waals surface area (Å²) in [6, 6.07) is 92.1. The number of para-hydroxylation sites is 2. The molecule has 4 aromatic heterocycles. The van der Waals surface area contributed by atoms with Crippen molar-refractivity contribution in [2.45, 2.75) is 209 Å². The van der Waals surface area contributed by atoms with Gasteiger partial charge in [0.15, 0.2) is 0 Å². The Hall–Kier alpha value is -10.2. The van der Waals surface area contributed by atoms with Crippen LogP contribution in [0.1, 0.15) is 211 Å². The third kappa shape index (κ3) is 12.8. The fourth-order valence-electron chi connectivity index (χ4n) is 17.1. The number of hydrogen-bond acceptors (Lipinski definition) is 0. The van der Waals surface area contributed by atoms with E-state index in [0.717, 1.165) is 0 Å². The zero-order valence-corrected chi connectivity index (χ0v) is 68.9. The van der Waals surface area contributed by atoms with Crippen LogP contribution in [0.2, 0.25) is 0 Å². The van der Waals surface area contributed by atoms with Gasteiger partial charge >= 0.3 is 0 Å². The molecule has 0 fully saturated rings. The van der Waals surface area contributed by atoms with Crippen LogP contribution in [0, 0.1) is 0 Å². The van der Waals surface area contributed by atoms with Gasteiger partial charge in [0.25, 0.3) is 0 Å². The van der Waals surface area contributed by atoms with Gasteiger partial charge in [0.2, 0.25) is 0 Å². The van der Waals surface area contributed by atoms with Crippen LogP contribution < -0.4 is 0 Å². The second-order valence-corrected chi connectivity index (χ2v) is 39.2. The second kappa shape index (κ2) is 25.8. The lowest BCUT2D eigenvalue weighted by Gasteiger charge is -2.27. The van der Waals surface area contributed by atoms with E-state index in [1.165, 1.54) is 177 Å². The minimum atomic E-state index is -0.207. The fraction of sp³-hybridized carbons (Fsp3) is 0.308. The summed E-state index contributed by atoms with van der Waals surface area (Å²) in [7, 11) is 0. The van der Waals surface area contributed by atoms with Crippen molar-refractivity contribution in [3.05, 3.63) is 287 Å². The molecule has 0 aliphatic carbocycles. The zero-order chi connectivity index (χ0) is 77.1. The van der Waals surface area contributed by atoms with E-state index in [0.29, 0.717) is 0 Å². The van der Waals surface area contributed by atoms with E-state index in [1.807, 2.05) is 0 Å². The number of nitrogens with zero attached hydrogens (tertiary/aromatic N) is 4. The summed E-state index contributed by atoms with van der Waals surface area (Å²) in [5.74, 6) is 0. The number of hydrogen-bond donors (Lipinski definition) is 0. The Bertz CT molecular complexity index is 6020. The van der Waals surface area contributed by atoms with Crippen molar-refractivity contribution < 1.29 is 0 Å². The quantitative estimate of drug-likeness (QED) is 0.158. The Kier molecular flexibility index (Phi) is 17.5. The van der Waals surface area contributed by atoms with Gasteiger partial charge in [-0.05, 0) is 207 Å². The zero-order valence-electron chi connectivity index (χ0n) is 68.9. The van der Waals surface area contributed by atoms with Crippen molar-refractivity contribution in [2.75, 3.05) is 0 Å². The topological polar surface area (TPSA) is 19.7 Å². The molecule has 0 saturated carbocycles. The molecule has 4 heteroatoms. The van der Waals surface area contributed by atoms with E-state index < -0.39 is 0 Å². The highest BCUT2D eigenvalue weighted by Gasteiger charge is 2.34. The van der Waals surface area contributed by atoms with Gasteiger partial charge in [-0.25, -0.2) is 0 Å². The first-order valence-corrected chi connectivity index (χ1v) is 39.4. The Morgan fingerprint density at radius 3 is 0.778 bits per heavy atom. The van der Waals surface area contributed by atoms with Crippen molar-refractivity contribution in [1.82, 2.24) is 18.3 Å². The predicted molar refractivity (Wildman–Crippen MR) is 471 cm³/mol. The molecule has 0 aliphatic heterocycles. The second-order valence-electron chi connectivity index (χ2n) is 39.2. The van der Waals surface area contributed by atoms with Crippen LogP contribution in [-0.2, 0) is 43.3 Å². The third-order valence-electron chi connectivity index (χ3n) is 22.9. The molecule has 108 heavy (non-hydrogen) atoms. The van der Waals surface area contributed by atoms with Gasteiger partial charge in [0.1, 0.15) is 0 Å². The van der Waals surface area contributed by atoms with Crippen LogP contribution >= 0.6 is 0 Å². The highest BCUT2D eigenvalue weighted by molar-refractivity contribution is 6.21. The van der Waals surface area contributed by atoms with E-state index in [-0.39, 0.29) is 43.3 Å². The first-order valence-electron chi connectivity index (χ1n) is 39.4. The van der Waals surface area contributed by atoms with Gasteiger partial charge in [-0.15, -0.1) is 0 Å². The molecule has 16 aromatic rings. The smallest absolute Gasteiger partial charge is 0.0547 e. The van der Waals surface area contributed by atoms with Crippen LogP contribution in [0.4, 0.5) is 0 Å². The molecule has 4 heterocycles. The van der Waals surface area contributed by atoms with Gasteiger partial charge < -0.3 is 18.3 Å². The van der Waals surface area contributed by atoms with Crippen LogP contribution in [-0.4, -0.2) is 18.3 Å². The van der Waals surface area contributed by atoms with E-state index >= 15 is 0 Å². The molecule has 0 N–H and O–H groups in total. The molecule has 12 aromatic carbocycles. The largest absolute Gasteiger partial charge is 0.309 e. The third-order valence-corrected chi connectivity index (χ3v) is 22.9. The lowest BCUT2D eigenvalue weighted by Crippen LogP contribution is -2.17. The number of benzene rings is 12. The van der Waals surface area contributed by atoms with E-state index in [1.54, 1.807) is 0 Å². The normalized spacial score (nSPS) is 13.2. The Labute approximate surface area is 643 Å². The molecule has 0 bridgehead atoms. The minimum absolute atomic E-state index is 0.00421. The highest BCUT2D eigenvalue weighted by Crippen LogP contribution is 2.51. The summed E-state index contributed by atoms with van der Waals surface area (Å²) >= 11 is 0. The summed E-state index contributed by atoms with van der Waals surface area (Å²) in [5.41, 5.74) is 30.3. The van der Waals surface area contributed by atoms with Crippen LogP contribution in [0.15, 0.2) is 243 Å². The summed E-state index contributed by atoms with van der Waals surface area (Å²) in [6.45, 7) is 56.3. The van der Waals surface area contributed by atoms with E-state index in [9.17, 15) is 0 Å². The van der Waals surface area contributed by atoms with Gasteiger partial charge in [-0.2, -0.15) is 0 Å². The fourth-order valence-corrected chi connectivity index (χ4v) is 17.1. The van der Waals surface area contributed by atoms with Gasteiger partial charge in [-0.3, -0.25) is 0 Å². The van der Waals surface area contributed by atoms with Crippen molar-refractivity contribution in [1.29, 1.82) is 0 Å². The lowest BCUT2D eigenvalue weighted by atomic mass is 9.80. The lowest BCUT2D eigenvalue weighted by molar-refractivity contribution is 0.567. The van der Waals surface area contributed by atoms with E-state index in [2.05, 4.69) is 427 Å². The van der Waals surface area contributed by atoms with Crippen molar-refractivity contribution in [2.24, 2.45) is 0 Å². The van der Waals surface area contributed by atoms with Gasteiger partial charge in [0.05, 0.1) is 55.5 Å². The Morgan fingerprint density at radius 2 is 0.463 bits per heavy atom. The van der Waals surface area contributed by atoms with Crippen molar-refractivity contribution >= 4 is 87.2 Å². The molecule has 0 saturated heterocycles. The average Bonchev–Trinajstić information content (AvgIpc) is 1.55. The molecule has 4 nitrogen and oxygen atoms in total. The Balaban J connectivity index is 0.000000174. The number of aromatic nitrogens is 4. The summed E-state index contributed by atoms with van der Waals surface area (Å²) < 4.78 is 10.2. The van der Waals surface area contributed by atoms with E-state index in [4.69, 9.17) is 0 Å². The summed E-state index contributed by atoms with van der Waals surface area (Å²) in [4.78, 5) is 0.